The van der Waals surface area contributed by atoms with E-state index in [0.717, 1.165) is 11.5 Å². The fraction of sp³-hybridized carbons (Fsp3) is 0.600. The Morgan fingerprint density at radius 1 is 1.11 bits per heavy atom. The molecule has 19 heavy (non-hydrogen) atoms. The highest BCUT2D eigenvalue weighted by Gasteiger charge is 2.37. The summed E-state index contributed by atoms with van der Waals surface area (Å²) in [5, 5.41) is 3.36. The number of nitrogens with one attached hydrogen (secondary N) is 1. The van der Waals surface area contributed by atoms with Gasteiger partial charge in [-0.3, -0.25) is 0 Å². The SMILES string of the molecule is CNC(c1ccc(OC)c(OC)c1)C(OC)C1CC1. The van der Waals surface area contributed by atoms with E-state index in [4.69, 9.17) is 14.2 Å². The third-order valence-electron chi connectivity index (χ3n) is 3.77. The van der Waals surface area contributed by atoms with Crippen LogP contribution in [0.25, 0.3) is 0 Å². The van der Waals surface area contributed by atoms with E-state index in [1.54, 1.807) is 21.3 Å². The van der Waals surface area contributed by atoms with Crippen molar-refractivity contribution in [2.45, 2.75) is 25.0 Å². The van der Waals surface area contributed by atoms with Gasteiger partial charge in [0.1, 0.15) is 0 Å². The molecular weight excluding hydrogens is 242 g/mol. The van der Waals surface area contributed by atoms with Gasteiger partial charge in [-0.15, -0.1) is 0 Å². The standard InChI is InChI=1S/C15H23NO3/c1-16-14(15(19-4)10-5-6-10)11-7-8-12(17-2)13(9-11)18-3/h7-10,14-16H,5-6H2,1-4H3. The first-order valence-electron chi connectivity index (χ1n) is 6.67. The zero-order valence-electron chi connectivity index (χ0n) is 12.1. The van der Waals surface area contributed by atoms with Crippen molar-refractivity contribution >= 4 is 0 Å². The highest BCUT2D eigenvalue weighted by atomic mass is 16.5. The Labute approximate surface area is 115 Å². The highest BCUT2D eigenvalue weighted by Crippen LogP contribution is 2.41. The summed E-state index contributed by atoms with van der Waals surface area (Å²) in [7, 11) is 7.06. The summed E-state index contributed by atoms with van der Waals surface area (Å²) >= 11 is 0. The lowest BCUT2D eigenvalue weighted by Gasteiger charge is -2.26. The van der Waals surface area contributed by atoms with Crippen molar-refractivity contribution in [3.05, 3.63) is 23.8 Å². The Morgan fingerprint density at radius 2 is 1.79 bits per heavy atom. The van der Waals surface area contributed by atoms with Crippen LogP contribution >= 0.6 is 0 Å². The zero-order chi connectivity index (χ0) is 13.8. The van der Waals surface area contributed by atoms with Crippen LogP contribution in [0.3, 0.4) is 0 Å². The Bertz CT molecular complexity index is 418. The van der Waals surface area contributed by atoms with Crippen molar-refractivity contribution < 1.29 is 14.2 Å². The fourth-order valence-electron chi connectivity index (χ4n) is 2.59. The molecule has 1 aliphatic carbocycles. The number of hydrogen-bond donors (Lipinski definition) is 1. The molecule has 1 N–H and O–H groups in total. The minimum Gasteiger partial charge on any atom is -0.493 e. The van der Waals surface area contributed by atoms with Crippen molar-refractivity contribution in [3.63, 3.8) is 0 Å². The Morgan fingerprint density at radius 3 is 2.26 bits per heavy atom. The number of methoxy groups -OCH3 is 3. The molecule has 0 spiro atoms. The molecule has 0 bridgehead atoms. The first kappa shape index (κ1) is 14.2. The molecule has 106 valence electrons. The molecule has 4 heteroatoms. The average molecular weight is 265 g/mol. The van der Waals surface area contributed by atoms with E-state index < -0.39 is 0 Å². The molecule has 2 unspecified atom stereocenters. The maximum Gasteiger partial charge on any atom is 0.161 e. The predicted molar refractivity (Wildman–Crippen MR) is 74.9 cm³/mol. The van der Waals surface area contributed by atoms with Gasteiger partial charge in [-0.25, -0.2) is 0 Å². The van der Waals surface area contributed by atoms with Crippen LogP contribution in [0.4, 0.5) is 0 Å². The Kier molecular flexibility index (Phi) is 4.66. The molecule has 2 rings (SSSR count). The second kappa shape index (κ2) is 6.26. The quantitative estimate of drug-likeness (QED) is 0.821. The summed E-state index contributed by atoms with van der Waals surface area (Å²) in [4.78, 5) is 0. The number of benzene rings is 1. The van der Waals surface area contributed by atoms with Gasteiger partial charge in [-0.1, -0.05) is 6.07 Å². The van der Waals surface area contributed by atoms with Gasteiger partial charge in [0.2, 0.25) is 0 Å². The Balaban J connectivity index is 2.26. The largest absolute Gasteiger partial charge is 0.493 e. The van der Waals surface area contributed by atoms with Gasteiger partial charge in [0, 0.05) is 7.11 Å². The third-order valence-corrected chi connectivity index (χ3v) is 3.77. The molecule has 0 heterocycles. The van der Waals surface area contributed by atoms with E-state index in [2.05, 4.69) is 11.4 Å². The highest BCUT2D eigenvalue weighted by molar-refractivity contribution is 5.44. The molecule has 0 saturated heterocycles. The Hall–Kier alpha value is -1.26. The summed E-state index contributed by atoms with van der Waals surface area (Å²) in [6.45, 7) is 0. The number of rotatable bonds is 7. The molecule has 1 aromatic carbocycles. The van der Waals surface area contributed by atoms with Crippen LogP contribution in [-0.4, -0.2) is 34.5 Å². The first-order chi connectivity index (χ1) is 9.24. The summed E-state index contributed by atoms with van der Waals surface area (Å²) in [5.41, 5.74) is 1.17. The fourth-order valence-corrected chi connectivity index (χ4v) is 2.59. The van der Waals surface area contributed by atoms with Crippen LogP contribution in [0.1, 0.15) is 24.4 Å². The lowest BCUT2D eigenvalue weighted by Crippen LogP contribution is -2.32. The van der Waals surface area contributed by atoms with E-state index in [1.807, 2.05) is 19.2 Å². The topological polar surface area (TPSA) is 39.7 Å². The first-order valence-corrected chi connectivity index (χ1v) is 6.67. The van der Waals surface area contributed by atoms with Gasteiger partial charge in [0.25, 0.3) is 0 Å². The van der Waals surface area contributed by atoms with Gasteiger partial charge in [0.05, 0.1) is 26.4 Å². The molecule has 0 amide bonds. The molecule has 1 fully saturated rings. The van der Waals surface area contributed by atoms with Crippen LogP contribution in [0, 0.1) is 5.92 Å². The molecule has 0 radical (unpaired) electrons. The van der Waals surface area contributed by atoms with Crippen molar-refractivity contribution in [1.82, 2.24) is 5.32 Å². The van der Waals surface area contributed by atoms with E-state index in [0.29, 0.717) is 5.92 Å². The summed E-state index contributed by atoms with van der Waals surface area (Å²) in [6, 6.07) is 6.21. The second-order valence-corrected chi connectivity index (χ2v) is 4.92. The third kappa shape index (κ3) is 3.01. The van der Waals surface area contributed by atoms with Crippen molar-refractivity contribution in [1.29, 1.82) is 0 Å². The summed E-state index contributed by atoms with van der Waals surface area (Å²) in [5.74, 6) is 2.17. The van der Waals surface area contributed by atoms with E-state index in [1.165, 1.54) is 18.4 Å². The zero-order valence-corrected chi connectivity index (χ0v) is 12.1. The number of hydrogen-bond acceptors (Lipinski definition) is 4. The lowest BCUT2D eigenvalue weighted by molar-refractivity contribution is 0.0530. The van der Waals surface area contributed by atoms with Gasteiger partial charge < -0.3 is 19.5 Å². The maximum atomic E-state index is 5.68. The lowest BCUT2D eigenvalue weighted by atomic mass is 9.97. The monoisotopic (exact) mass is 265 g/mol. The van der Waals surface area contributed by atoms with Gasteiger partial charge in [-0.2, -0.15) is 0 Å². The van der Waals surface area contributed by atoms with E-state index in [-0.39, 0.29) is 12.1 Å². The van der Waals surface area contributed by atoms with E-state index >= 15 is 0 Å². The molecule has 4 nitrogen and oxygen atoms in total. The molecule has 0 aromatic heterocycles. The predicted octanol–water partition coefficient (Wildman–Crippen LogP) is 2.39. The van der Waals surface area contributed by atoms with E-state index in [9.17, 15) is 0 Å². The average Bonchev–Trinajstić information content (AvgIpc) is 3.28. The second-order valence-electron chi connectivity index (χ2n) is 4.92. The molecular formula is C15H23NO3. The normalized spacial score (nSPS) is 17.9. The maximum absolute atomic E-state index is 5.68. The van der Waals surface area contributed by atoms with Crippen LogP contribution in [0.5, 0.6) is 11.5 Å². The molecule has 2 atom stereocenters. The van der Waals surface area contributed by atoms with Crippen molar-refractivity contribution in [3.8, 4) is 11.5 Å². The minimum atomic E-state index is 0.178. The van der Waals surface area contributed by atoms with Crippen LogP contribution in [-0.2, 0) is 4.74 Å². The number of likely N-dealkylation sites (N-methyl/N-ethyl adjacent to an activating group) is 1. The van der Waals surface area contributed by atoms with Gasteiger partial charge >= 0.3 is 0 Å². The summed E-state index contributed by atoms with van der Waals surface area (Å²) in [6.07, 6.45) is 2.72. The molecule has 1 aliphatic rings. The molecule has 1 saturated carbocycles. The minimum absolute atomic E-state index is 0.178. The molecule has 0 aliphatic heterocycles. The van der Waals surface area contributed by atoms with Crippen LogP contribution < -0.4 is 14.8 Å². The van der Waals surface area contributed by atoms with Crippen LogP contribution in [0.2, 0.25) is 0 Å². The summed E-state index contributed by atoms with van der Waals surface area (Å²) < 4.78 is 16.3. The van der Waals surface area contributed by atoms with Gasteiger partial charge in [-0.05, 0) is 43.5 Å². The van der Waals surface area contributed by atoms with Crippen molar-refractivity contribution in [2.24, 2.45) is 5.92 Å². The molecule has 1 aromatic rings. The van der Waals surface area contributed by atoms with Gasteiger partial charge in [0.15, 0.2) is 11.5 Å². The van der Waals surface area contributed by atoms with Crippen LogP contribution in [0.15, 0.2) is 18.2 Å². The smallest absolute Gasteiger partial charge is 0.161 e. The number of ether oxygens (including phenoxy) is 3. The van der Waals surface area contributed by atoms with Crippen molar-refractivity contribution in [2.75, 3.05) is 28.4 Å².